The van der Waals surface area contributed by atoms with Crippen LogP contribution in [0.25, 0.3) is 0 Å². The van der Waals surface area contributed by atoms with E-state index in [4.69, 9.17) is 5.11 Å². The van der Waals surface area contributed by atoms with Gasteiger partial charge in [-0.05, 0) is 20.4 Å². The normalized spacial score (nSPS) is 16.8. The van der Waals surface area contributed by atoms with Crippen LogP contribution < -0.4 is 10.6 Å². The molecule has 0 spiro atoms. The lowest BCUT2D eigenvalue weighted by molar-refractivity contribution is 0.236. The average Bonchev–Trinajstić information content (AvgIpc) is 2.00. The van der Waals surface area contributed by atoms with Gasteiger partial charge in [0.05, 0.1) is 12.3 Å². The highest BCUT2D eigenvalue weighted by molar-refractivity contribution is 4.75. The molecule has 3 heteroatoms. The molecule has 0 heterocycles. The number of rotatable bonds is 5. The second-order valence-corrected chi connectivity index (χ2v) is 2.59. The molecule has 0 aliphatic rings. The van der Waals surface area contributed by atoms with Crippen LogP contribution in [0, 0.1) is 0 Å². The Morgan fingerprint density at radius 3 is 2.40 bits per heavy atom. The zero-order chi connectivity index (χ0) is 8.04. The fourth-order valence-electron chi connectivity index (χ4n) is 0.722. The maximum absolute atomic E-state index is 8.53. The van der Waals surface area contributed by atoms with E-state index < -0.39 is 0 Å². The number of aliphatic hydroxyl groups is 1. The maximum Gasteiger partial charge on any atom is 0.0653 e. The summed E-state index contributed by atoms with van der Waals surface area (Å²) in [4.78, 5) is 0. The minimum absolute atomic E-state index is 0.0251. The van der Waals surface area contributed by atoms with Crippen molar-refractivity contribution in [2.45, 2.75) is 25.9 Å². The Morgan fingerprint density at radius 1 is 1.50 bits per heavy atom. The molecular formula is C7H18N2O. The van der Waals surface area contributed by atoms with Crippen molar-refractivity contribution in [3.8, 4) is 0 Å². The summed E-state index contributed by atoms with van der Waals surface area (Å²) in [5.41, 5.74) is -0.0251. The summed E-state index contributed by atoms with van der Waals surface area (Å²) >= 11 is 0. The van der Waals surface area contributed by atoms with Gasteiger partial charge in [-0.1, -0.05) is 6.92 Å². The van der Waals surface area contributed by atoms with E-state index >= 15 is 0 Å². The van der Waals surface area contributed by atoms with E-state index in [1.165, 1.54) is 0 Å². The molecule has 0 aliphatic carbocycles. The van der Waals surface area contributed by atoms with Gasteiger partial charge in [0.25, 0.3) is 0 Å². The maximum atomic E-state index is 8.53. The number of hydrogen-bond donors (Lipinski definition) is 3. The van der Waals surface area contributed by atoms with Gasteiger partial charge >= 0.3 is 0 Å². The Bertz CT molecular complexity index is 81.7. The van der Waals surface area contributed by atoms with Crippen molar-refractivity contribution in [3.63, 3.8) is 0 Å². The molecule has 1 atom stereocenters. The Kier molecular flexibility index (Phi) is 4.60. The highest BCUT2D eigenvalue weighted by Gasteiger charge is 2.16. The third-order valence-corrected chi connectivity index (χ3v) is 1.89. The summed E-state index contributed by atoms with van der Waals surface area (Å²) in [6.45, 7) is 5.01. The summed E-state index contributed by atoms with van der Waals surface area (Å²) in [6, 6.07) is 0. The molecule has 0 saturated carbocycles. The number of hydrogen-bond acceptors (Lipinski definition) is 3. The monoisotopic (exact) mass is 146 g/mol. The lowest BCUT2D eigenvalue weighted by atomic mass is 10.1. The van der Waals surface area contributed by atoms with E-state index in [0.717, 1.165) is 6.42 Å². The van der Waals surface area contributed by atoms with Crippen LogP contribution in [0.2, 0.25) is 0 Å². The number of aliphatic hydroxyl groups excluding tert-OH is 1. The molecule has 0 radical (unpaired) electrons. The molecule has 0 aromatic carbocycles. The lowest BCUT2D eigenvalue weighted by Gasteiger charge is -2.28. The molecule has 3 nitrogen and oxygen atoms in total. The van der Waals surface area contributed by atoms with Gasteiger partial charge in [0.15, 0.2) is 0 Å². The number of nitrogens with one attached hydrogen (secondary N) is 2. The van der Waals surface area contributed by atoms with E-state index in [-0.39, 0.29) is 12.3 Å². The van der Waals surface area contributed by atoms with Gasteiger partial charge in [0.2, 0.25) is 0 Å². The lowest BCUT2D eigenvalue weighted by Crippen LogP contribution is -2.53. The van der Waals surface area contributed by atoms with Gasteiger partial charge in [-0.2, -0.15) is 0 Å². The van der Waals surface area contributed by atoms with Crippen LogP contribution in [0.15, 0.2) is 0 Å². The first-order valence-corrected chi connectivity index (χ1v) is 3.73. The molecule has 0 aromatic rings. The second kappa shape index (κ2) is 4.66. The van der Waals surface area contributed by atoms with Crippen molar-refractivity contribution in [2.24, 2.45) is 0 Å². The van der Waals surface area contributed by atoms with E-state index in [2.05, 4.69) is 24.5 Å². The molecular weight excluding hydrogens is 128 g/mol. The zero-order valence-corrected chi connectivity index (χ0v) is 7.07. The van der Waals surface area contributed by atoms with Crippen LogP contribution in [0.4, 0.5) is 0 Å². The average molecular weight is 146 g/mol. The minimum atomic E-state index is -0.0251. The molecule has 3 N–H and O–H groups in total. The van der Waals surface area contributed by atoms with Gasteiger partial charge in [-0.3, -0.25) is 5.32 Å². The van der Waals surface area contributed by atoms with Crippen molar-refractivity contribution in [1.29, 1.82) is 0 Å². The van der Waals surface area contributed by atoms with Gasteiger partial charge < -0.3 is 10.4 Å². The first kappa shape index (κ1) is 9.88. The first-order valence-electron chi connectivity index (χ1n) is 3.73. The Labute approximate surface area is 62.8 Å². The van der Waals surface area contributed by atoms with Crippen molar-refractivity contribution in [2.75, 3.05) is 20.2 Å². The molecule has 0 bridgehead atoms. The summed E-state index contributed by atoms with van der Waals surface area (Å²) in [6.07, 6.45) is 1.00. The molecule has 0 aromatic heterocycles. The Morgan fingerprint density at radius 2 is 2.10 bits per heavy atom. The van der Waals surface area contributed by atoms with Crippen LogP contribution in [-0.2, 0) is 0 Å². The van der Waals surface area contributed by atoms with Crippen molar-refractivity contribution >= 4 is 0 Å². The largest absolute Gasteiger partial charge is 0.395 e. The van der Waals surface area contributed by atoms with E-state index in [1.54, 1.807) is 0 Å². The van der Waals surface area contributed by atoms with E-state index in [0.29, 0.717) is 6.54 Å². The van der Waals surface area contributed by atoms with Gasteiger partial charge in [-0.25, -0.2) is 0 Å². The molecule has 0 saturated heterocycles. The Hall–Kier alpha value is -0.120. The van der Waals surface area contributed by atoms with E-state index in [1.807, 2.05) is 7.05 Å². The summed E-state index contributed by atoms with van der Waals surface area (Å²) < 4.78 is 0. The highest BCUT2D eigenvalue weighted by atomic mass is 16.3. The molecule has 0 rings (SSSR count). The van der Waals surface area contributed by atoms with Gasteiger partial charge in [0, 0.05) is 6.54 Å². The summed E-state index contributed by atoms with van der Waals surface area (Å²) in [5.74, 6) is 0. The van der Waals surface area contributed by atoms with Crippen molar-refractivity contribution < 1.29 is 5.11 Å². The van der Waals surface area contributed by atoms with Gasteiger partial charge in [0.1, 0.15) is 0 Å². The first-order chi connectivity index (χ1) is 4.68. The molecule has 10 heavy (non-hydrogen) atoms. The zero-order valence-electron chi connectivity index (χ0n) is 7.07. The van der Waals surface area contributed by atoms with Crippen LogP contribution in [0.3, 0.4) is 0 Å². The van der Waals surface area contributed by atoms with Gasteiger partial charge in [-0.15, -0.1) is 0 Å². The third kappa shape index (κ3) is 3.15. The van der Waals surface area contributed by atoms with E-state index in [9.17, 15) is 0 Å². The Balaban J connectivity index is 3.58. The smallest absolute Gasteiger partial charge is 0.0653 e. The van der Waals surface area contributed by atoms with Crippen LogP contribution in [0.1, 0.15) is 20.3 Å². The van der Waals surface area contributed by atoms with Crippen LogP contribution >= 0.6 is 0 Å². The standard InChI is InChI=1S/C7H18N2O/c1-4-7(2,8-3)9-5-6-10/h8-10H,4-6H2,1-3H3. The fraction of sp³-hybridized carbons (Fsp3) is 1.00. The highest BCUT2D eigenvalue weighted by Crippen LogP contribution is 2.01. The predicted octanol–water partition coefficient (Wildman–Crippen LogP) is -0.0861. The van der Waals surface area contributed by atoms with Crippen LogP contribution in [0.5, 0.6) is 0 Å². The fourth-order valence-corrected chi connectivity index (χ4v) is 0.722. The van der Waals surface area contributed by atoms with Crippen molar-refractivity contribution in [3.05, 3.63) is 0 Å². The molecule has 62 valence electrons. The summed E-state index contributed by atoms with van der Waals surface area (Å²) in [7, 11) is 1.91. The quantitative estimate of drug-likeness (QED) is 0.475. The van der Waals surface area contributed by atoms with Crippen LogP contribution in [-0.4, -0.2) is 31.0 Å². The second-order valence-electron chi connectivity index (χ2n) is 2.59. The summed E-state index contributed by atoms with van der Waals surface area (Å²) in [5, 5.41) is 14.9. The molecule has 0 aliphatic heterocycles. The topological polar surface area (TPSA) is 44.3 Å². The molecule has 0 amide bonds. The SMILES string of the molecule is CCC(C)(NC)NCCO. The predicted molar refractivity (Wildman–Crippen MR) is 42.8 cm³/mol. The third-order valence-electron chi connectivity index (χ3n) is 1.89. The molecule has 0 fully saturated rings. The van der Waals surface area contributed by atoms with Crippen molar-refractivity contribution in [1.82, 2.24) is 10.6 Å². The molecule has 1 unspecified atom stereocenters. The minimum Gasteiger partial charge on any atom is -0.395 e.